The predicted molar refractivity (Wildman–Crippen MR) is 105 cm³/mol. The van der Waals surface area contributed by atoms with Crippen molar-refractivity contribution in [2.45, 2.75) is 31.8 Å². The topological polar surface area (TPSA) is 101 Å². The van der Waals surface area contributed by atoms with Gasteiger partial charge in [-0.3, -0.25) is 9.78 Å². The van der Waals surface area contributed by atoms with E-state index in [0.29, 0.717) is 23.6 Å². The van der Waals surface area contributed by atoms with Gasteiger partial charge < -0.3 is 19.9 Å². The van der Waals surface area contributed by atoms with Crippen LogP contribution in [0.4, 0.5) is 4.79 Å². The maximum absolute atomic E-state index is 11.4. The molecule has 7 nitrogen and oxygen atoms in total. The van der Waals surface area contributed by atoms with Gasteiger partial charge in [0.2, 0.25) is 0 Å². The monoisotopic (exact) mass is 406 g/mol. The van der Waals surface area contributed by atoms with Crippen LogP contribution in [0.15, 0.2) is 36.5 Å². The predicted octanol–water partition coefficient (Wildman–Crippen LogP) is 3.68. The molecule has 0 spiro atoms. The lowest BCUT2D eigenvalue weighted by atomic mass is 9.82. The number of hydrogen-bond acceptors (Lipinski definition) is 6. The Labute approximate surface area is 168 Å². The molecule has 150 valence electrons. The van der Waals surface area contributed by atoms with E-state index in [1.54, 1.807) is 46.3 Å². The summed E-state index contributed by atoms with van der Waals surface area (Å²) >= 11 is 5.50. The fourth-order valence-electron chi connectivity index (χ4n) is 3.00. The molecule has 1 heterocycles. The summed E-state index contributed by atoms with van der Waals surface area (Å²) in [7, 11) is 3.14. The van der Waals surface area contributed by atoms with E-state index in [-0.39, 0.29) is 11.5 Å². The first kappa shape index (κ1) is 21.5. The lowest BCUT2D eigenvalue weighted by Crippen LogP contribution is -2.38. The zero-order valence-electron chi connectivity index (χ0n) is 16.2. The second-order valence-electron chi connectivity index (χ2n) is 6.70. The van der Waals surface area contributed by atoms with Gasteiger partial charge in [-0.05, 0) is 55.6 Å². The van der Waals surface area contributed by atoms with E-state index in [1.165, 1.54) is 6.20 Å². The Morgan fingerprint density at radius 3 is 2.39 bits per heavy atom. The number of rotatable bonds is 8. The van der Waals surface area contributed by atoms with E-state index >= 15 is 0 Å². The average molecular weight is 407 g/mol. The first-order valence-corrected chi connectivity index (χ1v) is 8.91. The van der Waals surface area contributed by atoms with Crippen LogP contribution in [0, 0.1) is 0 Å². The van der Waals surface area contributed by atoms with E-state index in [2.05, 4.69) is 4.98 Å². The van der Waals surface area contributed by atoms with Gasteiger partial charge in [0.1, 0.15) is 17.1 Å². The molecule has 2 aromatic rings. The van der Waals surface area contributed by atoms with Crippen LogP contribution < -0.4 is 15.2 Å². The van der Waals surface area contributed by atoms with Crippen molar-refractivity contribution in [2.75, 3.05) is 14.2 Å². The van der Waals surface area contributed by atoms with E-state index in [4.69, 9.17) is 31.5 Å². The third kappa shape index (κ3) is 5.13. The molecular weight excluding hydrogens is 384 g/mol. The molecule has 28 heavy (non-hydrogen) atoms. The minimum atomic E-state index is -0.976. The molecule has 0 saturated carbocycles. The lowest BCUT2D eigenvalue weighted by Gasteiger charge is -2.33. The summed E-state index contributed by atoms with van der Waals surface area (Å²) in [4.78, 5) is 27.1. The summed E-state index contributed by atoms with van der Waals surface area (Å²) < 4.78 is 16.1. The third-order valence-electron chi connectivity index (χ3n) is 4.49. The lowest BCUT2D eigenvalue weighted by molar-refractivity contribution is 0.0225. The number of methoxy groups -OCH3 is 2. The SMILES string of the molecule is COc1ccc(CC(c2ccc(C(=O)Cl)cn2)C(C)(C)OC(N)=O)c(OC)c1. The molecule has 0 saturated heterocycles. The van der Waals surface area contributed by atoms with Crippen LogP contribution in [0.3, 0.4) is 0 Å². The van der Waals surface area contributed by atoms with Gasteiger partial charge in [0.25, 0.3) is 5.24 Å². The fraction of sp³-hybridized carbons (Fsp3) is 0.350. The highest BCUT2D eigenvalue weighted by Crippen LogP contribution is 2.37. The summed E-state index contributed by atoms with van der Waals surface area (Å²) in [5.41, 5.74) is 6.05. The maximum atomic E-state index is 11.4. The largest absolute Gasteiger partial charge is 0.497 e. The van der Waals surface area contributed by atoms with Gasteiger partial charge in [0.05, 0.1) is 19.8 Å². The molecule has 2 rings (SSSR count). The second-order valence-corrected chi connectivity index (χ2v) is 7.05. The minimum Gasteiger partial charge on any atom is -0.497 e. The molecule has 1 amide bonds. The van der Waals surface area contributed by atoms with Crippen LogP contribution in [0.5, 0.6) is 11.5 Å². The Morgan fingerprint density at radius 1 is 1.18 bits per heavy atom. The van der Waals surface area contributed by atoms with Crippen LogP contribution in [-0.2, 0) is 11.2 Å². The average Bonchev–Trinajstić information content (AvgIpc) is 2.65. The molecule has 0 aliphatic rings. The van der Waals surface area contributed by atoms with Gasteiger partial charge >= 0.3 is 6.09 Å². The molecule has 0 fully saturated rings. The van der Waals surface area contributed by atoms with Gasteiger partial charge in [-0.25, -0.2) is 4.79 Å². The molecule has 1 atom stereocenters. The number of hydrogen-bond donors (Lipinski definition) is 1. The molecular formula is C20H23ClN2O5. The van der Waals surface area contributed by atoms with E-state index in [1.807, 2.05) is 12.1 Å². The number of benzene rings is 1. The molecule has 0 aliphatic carbocycles. The van der Waals surface area contributed by atoms with Gasteiger partial charge in [0, 0.05) is 23.9 Å². The van der Waals surface area contributed by atoms with Crippen molar-refractivity contribution < 1.29 is 23.8 Å². The van der Waals surface area contributed by atoms with Crippen molar-refractivity contribution in [3.8, 4) is 11.5 Å². The maximum Gasteiger partial charge on any atom is 0.405 e. The van der Waals surface area contributed by atoms with Crippen molar-refractivity contribution >= 4 is 22.9 Å². The number of nitrogens with two attached hydrogens (primary N) is 1. The quantitative estimate of drug-likeness (QED) is 0.671. The summed E-state index contributed by atoms with van der Waals surface area (Å²) in [6.07, 6.45) is 0.946. The van der Waals surface area contributed by atoms with Crippen LogP contribution in [0.1, 0.15) is 41.4 Å². The third-order valence-corrected chi connectivity index (χ3v) is 4.71. The number of primary amides is 1. The van der Waals surface area contributed by atoms with Crippen LogP contribution in [0.2, 0.25) is 0 Å². The van der Waals surface area contributed by atoms with E-state index in [9.17, 15) is 9.59 Å². The molecule has 1 aromatic heterocycles. The normalized spacial score (nSPS) is 12.2. The minimum absolute atomic E-state index is 0.278. The Morgan fingerprint density at radius 2 is 1.89 bits per heavy atom. The fourth-order valence-corrected chi connectivity index (χ4v) is 3.12. The zero-order chi connectivity index (χ0) is 20.9. The van der Waals surface area contributed by atoms with Gasteiger partial charge in [0.15, 0.2) is 0 Å². The first-order chi connectivity index (χ1) is 13.2. The number of halogens is 1. The molecule has 0 radical (unpaired) electrons. The highest BCUT2D eigenvalue weighted by atomic mass is 35.5. The molecule has 1 aromatic carbocycles. The number of pyridine rings is 1. The molecule has 8 heteroatoms. The van der Waals surface area contributed by atoms with Gasteiger partial charge in [-0.1, -0.05) is 6.07 Å². The Hall–Kier alpha value is -2.80. The van der Waals surface area contributed by atoms with Crippen LogP contribution in [0.25, 0.3) is 0 Å². The summed E-state index contributed by atoms with van der Waals surface area (Å²) in [5, 5.41) is -0.597. The van der Waals surface area contributed by atoms with E-state index < -0.39 is 16.9 Å². The number of carbonyl (C=O) groups is 2. The molecule has 0 aliphatic heterocycles. The number of ether oxygens (including phenoxy) is 3. The zero-order valence-corrected chi connectivity index (χ0v) is 16.9. The van der Waals surface area contributed by atoms with Crippen molar-refractivity contribution in [1.29, 1.82) is 0 Å². The number of amides is 1. The summed E-state index contributed by atoms with van der Waals surface area (Å²) in [6, 6.07) is 8.73. The first-order valence-electron chi connectivity index (χ1n) is 8.53. The number of aromatic nitrogens is 1. The Balaban J connectivity index is 2.47. The highest BCUT2D eigenvalue weighted by molar-refractivity contribution is 6.67. The number of nitrogens with zero attached hydrogens (tertiary/aromatic N) is 1. The van der Waals surface area contributed by atoms with Crippen molar-refractivity contribution in [3.63, 3.8) is 0 Å². The van der Waals surface area contributed by atoms with Crippen LogP contribution >= 0.6 is 11.6 Å². The van der Waals surface area contributed by atoms with Crippen molar-refractivity contribution in [3.05, 3.63) is 53.3 Å². The summed E-state index contributed by atoms with van der Waals surface area (Å²) in [6.45, 7) is 3.50. The Bertz CT molecular complexity index is 852. The molecule has 1 unspecified atom stereocenters. The molecule has 0 bridgehead atoms. The Kier molecular flexibility index (Phi) is 6.85. The van der Waals surface area contributed by atoms with Crippen LogP contribution in [-0.4, -0.2) is 36.1 Å². The highest BCUT2D eigenvalue weighted by Gasteiger charge is 2.36. The standard InChI is InChI=1S/C20H23ClN2O5/c1-20(2,28-19(22)25)15(16-8-6-13(11-23-16)18(21)24)9-12-5-7-14(26-3)10-17(12)27-4/h5-8,10-11,15H,9H2,1-4H3,(H2,22,25). The number of carbonyl (C=O) groups excluding carboxylic acids is 2. The van der Waals surface area contributed by atoms with Gasteiger partial charge in [-0.2, -0.15) is 0 Å². The van der Waals surface area contributed by atoms with E-state index in [0.717, 1.165) is 5.56 Å². The van der Waals surface area contributed by atoms with Crippen molar-refractivity contribution in [2.24, 2.45) is 5.73 Å². The smallest absolute Gasteiger partial charge is 0.405 e. The molecule has 2 N–H and O–H groups in total. The second kappa shape index (κ2) is 8.93. The van der Waals surface area contributed by atoms with Crippen molar-refractivity contribution in [1.82, 2.24) is 4.98 Å². The van der Waals surface area contributed by atoms with Gasteiger partial charge in [-0.15, -0.1) is 0 Å². The summed E-state index contributed by atoms with van der Waals surface area (Å²) in [5.74, 6) is 0.918.